The lowest BCUT2D eigenvalue weighted by Crippen LogP contribution is -2.49. The second-order valence-corrected chi connectivity index (χ2v) is 8.71. The Labute approximate surface area is 163 Å². The van der Waals surface area contributed by atoms with E-state index in [1.807, 2.05) is 0 Å². The minimum atomic E-state index is -3.75. The summed E-state index contributed by atoms with van der Waals surface area (Å²) in [5, 5.41) is 3.27. The van der Waals surface area contributed by atoms with Crippen LogP contribution < -0.4 is 5.32 Å². The minimum Gasteiger partial charge on any atom is -0.323 e. The lowest BCUT2D eigenvalue weighted by molar-refractivity contribution is -0.120. The van der Waals surface area contributed by atoms with E-state index in [1.165, 1.54) is 16.4 Å². The Morgan fingerprint density at radius 2 is 1.77 bits per heavy atom. The highest BCUT2D eigenvalue weighted by molar-refractivity contribution is 7.89. The lowest BCUT2D eigenvalue weighted by atomic mass is 10.0. The van der Waals surface area contributed by atoms with E-state index in [4.69, 9.17) is 23.2 Å². The van der Waals surface area contributed by atoms with Crippen LogP contribution >= 0.6 is 23.2 Å². The lowest BCUT2D eigenvalue weighted by Gasteiger charge is -2.33. The first-order chi connectivity index (χ1) is 12.4. The molecule has 1 amide bonds. The number of carbonyl (C=O) groups is 1. The Kier molecular flexibility index (Phi) is 5.87. The van der Waals surface area contributed by atoms with Gasteiger partial charge in [-0.15, -0.1) is 0 Å². The summed E-state index contributed by atoms with van der Waals surface area (Å²) in [4.78, 5) is 13.0. The zero-order valence-electron chi connectivity index (χ0n) is 13.9. The summed E-state index contributed by atoms with van der Waals surface area (Å²) in [6, 6.07) is 12.3. The molecular formula is C18H18Cl2N2O3S. The molecule has 0 aliphatic carbocycles. The highest BCUT2D eigenvalue weighted by Gasteiger charge is 2.37. The molecule has 1 aliphatic rings. The van der Waals surface area contributed by atoms with Crippen molar-refractivity contribution >= 4 is 44.8 Å². The molecule has 0 radical (unpaired) electrons. The molecule has 3 rings (SSSR count). The van der Waals surface area contributed by atoms with Crippen molar-refractivity contribution in [3.63, 3.8) is 0 Å². The van der Waals surface area contributed by atoms with E-state index < -0.39 is 22.0 Å². The fourth-order valence-electron chi connectivity index (χ4n) is 3.00. The molecule has 5 nitrogen and oxygen atoms in total. The highest BCUT2D eigenvalue weighted by Crippen LogP contribution is 2.31. The first kappa shape index (κ1) is 19.2. The van der Waals surface area contributed by atoms with Crippen LogP contribution in [0.5, 0.6) is 0 Å². The summed E-state index contributed by atoms with van der Waals surface area (Å²) in [5.41, 5.74) is 0.367. The zero-order chi connectivity index (χ0) is 18.7. The van der Waals surface area contributed by atoms with Crippen molar-refractivity contribution in [2.24, 2.45) is 0 Å². The number of benzene rings is 2. The highest BCUT2D eigenvalue weighted by atomic mass is 35.5. The molecule has 1 fully saturated rings. The molecular weight excluding hydrogens is 395 g/mol. The average Bonchev–Trinajstić information content (AvgIpc) is 2.66. The number of nitrogens with one attached hydrogen (secondary N) is 1. The Hall–Kier alpha value is -1.60. The number of hydrogen-bond acceptors (Lipinski definition) is 3. The third kappa shape index (κ3) is 3.88. The largest absolute Gasteiger partial charge is 0.323 e. The van der Waals surface area contributed by atoms with Crippen molar-refractivity contribution in [2.75, 3.05) is 11.9 Å². The van der Waals surface area contributed by atoms with E-state index >= 15 is 0 Å². The average molecular weight is 413 g/mol. The van der Waals surface area contributed by atoms with Gasteiger partial charge in [-0.2, -0.15) is 4.31 Å². The van der Waals surface area contributed by atoms with Gasteiger partial charge >= 0.3 is 0 Å². The number of sulfonamides is 1. The molecule has 1 atom stereocenters. The fourth-order valence-corrected chi connectivity index (χ4v) is 5.02. The molecule has 1 aliphatic heterocycles. The maximum absolute atomic E-state index is 13.0. The minimum absolute atomic E-state index is 0.181. The van der Waals surface area contributed by atoms with Gasteiger partial charge < -0.3 is 5.32 Å². The maximum Gasteiger partial charge on any atom is 0.243 e. The van der Waals surface area contributed by atoms with Crippen LogP contribution in [0, 0.1) is 0 Å². The van der Waals surface area contributed by atoms with Gasteiger partial charge in [0.1, 0.15) is 6.04 Å². The molecule has 1 heterocycles. The van der Waals surface area contributed by atoms with Crippen LogP contribution in [-0.4, -0.2) is 31.2 Å². The molecule has 138 valence electrons. The summed E-state index contributed by atoms with van der Waals surface area (Å²) < 4.78 is 27.2. The molecule has 8 heteroatoms. The number of rotatable bonds is 4. The van der Waals surface area contributed by atoms with Crippen LogP contribution in [0.1, 0.15) is 19.3 Å². The quantitative estimate of drug-likeness (QED) is 0.818. The molecule has 1 saturated heterocycles. The third-order valence-corrected chi connectivity index (χ3v) is 7.06. The smallest absolute Gasteiger partial charge is 0.243 e. The molecule has 0 bridgehead atoms. The predicted molar refractivity (Wildman–Crippen MR) is 103 cm³/mol. The van der Waals surface area contributed by atoms with E-state index in [1.54, 1.807) is 36.4 Å². The Balaban J connectivity index is 1.87. The van der Waals surface area contributed by atoms with Gasteiger partial charge in [-0.3, -0.25) is 4.79 Å². The van der Waals surface area contributed by atoms with Gasteiger partial charge in [0.25, 0.3) is 0 Å². The van der Waals surface area contributed by atoms with Gasteiger partial charge in [-0.1, -0.05) is 53.9 Å². The van der Waals surface area contributed by atoms with Gasteiger partial charge in [0.15, 0.2) is 0 Å². The van der Waals surface area contributed by atoms with E-state index in [9.17, 15) is 13.2 Å². The second-order valence-electron chi connectivity index (χ2n) is 6.03. The molecule has 0 saturated carbocycles. The van der Waals surface area contributed by atoms with Crippen molar-refractivity contribution in [1.29, 1.82) is 0 Å². The van der Waals surface area contributed by atoms with Gasteiger partial charge in [0, 0.05) is 6.54 Å². The number of hydrogen-bond donors (Lipinski definition) is 1. The summed E-state index contributed by atoms with van der Waals surface area (Å²) in [5.74, 6) is -0.409. The third-order valence-electron chi connectivity index (χ3n) is 4.32. The number of carbonyl (C=O) groups excluding carboxylic acids is 1. The van der Waals surface area contributed by atoms with Crippen molar-refractivity contribution in [3.8, 4) is 0 Å². The van der Waals surface area contributed by atoms with E-state index in [0.717, 1.165) is 6.42 Å². The number of nitrogens with zero attached hydrogens (tertiary/aromatic N) is 1. The van der Waals surface area contributed by atoms with E-state index in [-0.39, 0.29) is 9.92 Å². The fraction of sp³-hybridized carbons (Fsp3) is 0.278. The van der Waals surface area contributed by atoms with Gasteiger partial charge in [-0.25, -0.2) is 8.42 Å². The standard InChI is InChI=1S/C18H18Cl2N2O3S/c19-14-9-6-10-15(17(14)20)21-18(23)16-11-4-5-12-22(16)26(24,25)13-7-2-1-3-8-13/h1-3,6-10,16H,4-5,11-12H2,(H,21,23). The molecule has 26 heavy (non-hydrogen) atoms. The monoisotopic (exact) mass is 412 g/mol. The molecule has 0 spiro atoms. The van der Waals surface area contributed by atoms with Crippen LogP contribution in [-0.2, 0) is 14.8 Å². The van der Waals surface area contributed by atoms with E-state index in [2.05, 4.69) is 5.32 Å². The number of anilines is 1. The summed E-state index contributed by atoms with van der Waals surface area (Å²) in [6.07, 6.45) is 1.95. The van der Waals surface area contributed by atoms with Crippen LogP contribution in [0.15, 0.2) is 53.4 Å². The van der Waals surface area contributed by atoms with Crippen LogP contribution in [0.4, 0.5) is 5.69 Å². The predicted octanol–water partition coefficient (Wildman–Crippen LogP) is 4.18. The molecule has 1 N–H and O–H groups in total. The van der Waals surface area contributed by atoms with E-state index in [0.29, 0.717) is 30.1 Å². The SMILES string of the molecule is O=C(Nc1cccc(Cl)c1Cl)C1CCCCN1S(=O)(=O)c1ccccc1. The molecule has 2 aromatic rings. The number of halogens is 2. The second kappa shape index (κ2) is 7.96. The van der Waals surface area contributed by atoms with Crippen LogP contribution in [0.25, 0.3) is 0 Å². The molecule has 0 aromatic heterocycles. The molecule has 1 unspecified atom stereocenters. The van der Waals surface area contributed by atoms with Gasteiger partial charge in [-0.05, 0) is 37.1 Å². The van der Waals surface area contributed by atoms with Crippen molar-refractivity contribution < 1.29 is 13.2 Å². The normalized spacial score (nSPS) is 18.5. The van der Waals surface area contributed by atoms with Crippen LogP contribution in [0.3, 0.4) is 0 Å². The summed E-state index contributed by atoms with van der Waals surface area (Å²) >= 11 is 12.1. The van der Waals surface area contributed by atoms with Crippen molar-refractivity contribution in [2.45, 2.75) is 30.2 Å². The summed E-state index contributed by atoms with van der Waals surface area (Å²) in [6.45, 7) is 0.304. The Morgan fingerprint density at radius 1 is 1.04 bits per heavy atom. The Morgan fingerprint density at radius 3 is 2.50 bits per heavy atom. The molecule has 2 aromatic carbocycles. The summed E-state index contributed by atoms with van der Waals surface area (Å²) in [7, 11) is -3.75. The maximum atomic E-state index is 13.0. The van der Waals surface area contributed by atoms with Crippen molar-refractivity contribution in [3.05, 3.63) is 58.6 Å². The van der Waals surface area contributed by atoms with Crippen LogP contribution in [0.2, 0.25) is 10.0 Å². The topological polar surface area (TPSA) is 66.5 Å². The Bertz CT molecular complexity index is 904. The van der Waals surface area contributed by atoms with Crippen molar-refractivity contribution in [1.82, 2.24) is 4.31 Å². The zero-order valence-corrected chi connectivity index (χ0v) is 16.2. The van der Waals surface area contributed by atoms with Gasteiger partial charge in [0.05, 0.1) is 20.6 Å². The first-order valence-corrected chi connectivity index (χ1v) is 10.4. The number of piperidine rings is 1. The number of amides is 1. The first-order valence-electron chi connectivity index (χ1n) is 8.23. The van der Waals surface area contributed by atoms with Gasteiger partial charge in [0.2, 0.25) is 15.9 Å².